The normalized spacial score (nSPS) is 21.9. The van der Waals surface area contributed by atoms with E-state index in [2.05, 4.69) is 4.98 Å². The summed E-state index contributed by atoms with van der Waals surface area (Å²) < 4.78 is 67.6. The molecule has 1 aliphatic carbocycles. The third-order valence-electron chi connectivity index (χ3n) is 6.10. The molecule has 1 saturated heterocycles. The number of rotatable bonds is 5. The van der Waals surface area contributed by atoms with E-state index in [9.17, 15) is 26.7 Å². The summed E-state index contributed by atoms with van der Waals surface area (Å²) in [6.07, 6.45) is -1.15. The number of benzene rings is 1. The number of aromatic nitrogens is 1. The SMILES string of the molecule is C[C@H](NC(=O)c1cnc(C2CC2)c(-c2cc(F)cc(F)c2)c1N1CC[C@](C)(N)C1)C(F)(F)F. The molecule has 1 aromatic carbocycles. The summed E-state index contributed by atoms with van der Waals surface area (Å²) in [6.45, 7) is 3.43. The van der Waals surface area contributed by atoms with Crippen LogP contribution in [0, 0.1) is 11.6 Å². The first-order valence-electron chi connectivity index (χ1n) is 10.8. The van der Waals surface area contributed by atoms with Gasteiger partial charge < -0.3 is 16.0 Å². The number of pyridine rings is 1. The molecule has 2 atom stereocenters. The molecule has 2 aliphatic rings. The van der Waals surface area contributed by atoms with Gasteiger partial charge in [0, 0.05) is 42.4 Å². The van der Waals surface area contributed by atoms with Crippen LogP contribution in [-0.2, 0) is 0 Å². The zero-order chi connectivity index (χ0) is 24.1. The van der Waals surface area contributed by atoms with Crippen LogP contribution in [0.4, 0.5) is 27.6 Å². The maximum Gasteiger partial charge on any atom is 0.408 e. The molecule has 178 valence electrons. The topological polar surface area (TPSA) is 71.2 Å². The van der Waals surface area contributed by atoms with Crippen LogP contribution in [0.3, 0.4) is 0 Å². The molecule has 2 aromatic rings. The number of anilines is 1. The number of carbonyl (C=O) groups excluding carboxylic acids is 1. The van der Waals surface area contributed by atoms with Crippen molar-refractivity contribution in [1.29, 1.82) is 0 Å². The Bertz CT molecular complexity index is 1060. The lowest BCUT2D eigenvalue weighted by molar-refractivity contribution is -0.149. The molecule has 1 aliphatic heterocycles. The van der Waals surface area contributed by atoms with Crippen LogP contribution < -0.4 is 16.0 Å². The molecule has 1 amide bonds. The molecule has 10 heteroatoms. The largest absolute Gasteiger partial charge is 0.408 e. The highest BCUT2D eigenvalue weighted by atomic mass is 19.4. The Labute approximate surface area is 188 Å². The minimum Gasteiger partial charge on any atom is -0.368 e. The molecule has 2 fully saturated rings. The molecule has 4 rings (SSSR count). The van der Waals surface area contributed by atoms with Gasteiger partial charge in [-0.3, -0.25) is 9.78 Å². The van der Waals surface area contributed by atoms with Gasteiger partial charge in [0.05, 0.1) is 16.9 Å². The van der Waals surface area contributed by atoms with Crippen LogP contribution in [0.25, 0.3) is 11.1 Å². The lowest BCUT2D eigenvalue weighted by Gasteiger charge is -2.28. The number of nitrogens with zero attached hydrogens (tertiary/aromatic N) is 2. The summed E-state index contributed by atoms with van der Waals surface area (Å²) in [5.41, 5.74) is 7.02. The second-order valence-corrected chi connectivity index (χ2v) is 9.28. The van der Waals surface area contributed by atoms with E-state index in [-0.39, 0.29) is 17.0 Å². The van der Waals surface area contributed by atoms with Crippen molar-refractivity contribution in [1.82, 2.24) is 10.3 Å². The van der Waals surface area contributed by atoms with Gasteiger partial charge in [-0.2, -0.15) is 13.2 Å². The second-order valence-electron chi connectivity index (χ2n) is 9.28. The van der Waals surface area contributed by atoms with Crippen molar-refractivity contribution in [2.45, 2.75) is 56.8 Å². The molecule has 3 N–H and O–H groups in total. The number of amides is 1. The predicted molar refractivity (Wildman–Crippen MR) is 114 cm³/mol. The van der Waals surface area contributed by atoms with Crippen LogP contribution in [0.5, 0.6) is 0 Å². The fraction of sp³-hybridized carbons (Fsp3) is 0.478. The summed E-state index contributed by atoms with van der Waals surface area (Å²) in [5, 5.41) is 1.98. The van der Waals surface area contributed by atoms with Crippen LogP contribution in [0.15, 0.2) is 24.4 Å². The van der Waals surface area contributed by atoms with Crippen molar-refractivity contribution in [2.75, 3.05) is 18.0 Å². The van der Waals surface area contributed by atoms with Crippen molar-refractivity contribution in [3.05, 3.63) is 47.3 Å². The quantitative estimate of drug-likeness (QED) is 0.634. The Morgan fingerprint density at radius 3 is 2.39 bits per heavy atom. The van der Waals surface area contributed by atoms with E-state index in [1.807, 2.05) is 12.2 Å². The average molecular weight is 468 g/mol. The number of carbonyl (C=O) groups is 1. The van der Waals surface area contributed by atoms with Gasteiger partial charge in [-0.05, 0) is 50.8 Å². The molecule has 0 radical (unpaired) electrons. The fourth-order valence-electron chi connectivity index (χ4n) is 4.19. The van der Waals surface area contributed by atoms with E-state index in [1.165, 1.54) is 6.20 Å². The number of nitrogens with one attached hydrogen (secondary N) is 1. The molecule has 33 heavy (non-hydrogen) atoms. The highest BCUT2D eigenvalue weighted by Gasteiger charge is 2.40. The smallest absolute Gasteiger partial charge is 0.368 e. The average Bonchev–Trinajstić information content (AvgIpc) is 3.48. The van der Waals surface area contributed by atoms with Gasteiger partial charge in [0.25, 0.3) is 5.91 Å². The maximum absolute atomic E-state index is 14.2. The van der Waals surface area contributed by atoms with E-state index >= 15 is 0 Å². The highest BCUT2D eigenvalue weighted by Crippen LogP contribution is 2.48. The first-order valence-corrected chi connectivity index (χ1v) is 10.8. The molecule has 0 bridgehead atoms. The number of hydrogen-bond acceptors (Lipinski definition) is 4. The Hall–Kier alpha value is -2.75. The molecule has 1 aromatic heterocycles. The Balaban J connectivity index is 1.91. The molecular weight excluding hydrogens is 443 g/mol. The number of hydrogen-bond donors (Lipinski definition) is 2. The van der Waals surface area contributed by atoms with Crippen molar-refractivity contribution >= 4 is 11.6 Å². The third kappa shape index (κ3) is 4.95. The van der Waals surface area contributed by atoms with Gasteiger partial charge in [-0.15, -0.1) is 0 Å². The van der Waals surface area contributed by atoms with Crippen LogP contribution >= 0.6 is 0 Å². The van der Waals surface area contributed by atoms with Crippen molar-refractivity contribution in [3.8, 4) is 11.1 Å². The molecule has 5 nitrogen and oxygen atoms in total. The van der Waals surface area contributed by atoms with Crippen LogP contribution in [0.1, 0.15) is 55.1 Å². The van der Waals surface area contributed by atoms with E-state index < -0.39 is 35.3 Å². The molecule has 2 heterocycles. The summed E-state index contributed by atoms with van der Waals surface area (Å²) in [6, 6.07) is 0.941. The Kier molecular flexibility index (Phi) is 5.84. The van der Waals surface area contributed by atoms with Gasteiger partial charge in [-0.1, -0.05) is 0 Å². The molecule has 0 spiro atoms. The van der Waals surface area contributed by atoms with E-state index in [4.69, 9.17) is 5.73 Å². The van der Waals surface area contributed by atoms with E-state index in [1.54, 1.807) is 4.90 Å². The Morgan fingerprint density at radius 1 is 1.24 bits per heavy atom. The minimum absolute atomic E-state index is 0.0446. The first-order chi connectivity index (χ1) is 15.4. The predicted octanol–water partition coefficient (Wildman–Crippen LogP) is 4.51. The summed E-state index contributed by atoms with van der Waals surface area (Å²) in [5.74, 6) is -2.52. The maximum atomic E-state index is 14.2. The van der Waals surface area contributed by atoms with Gasteiger partial charge in [0.15, 0.2) is 0 Å². The molecule has 0 unspecified atom stereocenters. The first kappa shape index (κ1) is 23.4. The fourth-order valence-corrected chi connectivity index (χ4v) is 4.19. The van der Waals surface area contributed by atoms with Crippen molar-refractivity contribution < 1.29 is 26.7 Å². The van der Waals surface area contributed by atoms with E-state index in [0.717, 1.165) is 38.0 Å². The summed E-state index contributed by atoms with van der Waals surface area (Å²) in [4.78, 5) is 19.2. The number of halogens is 5. The monoisotopic (exact) mass is 468 g/mol. The second kappa shape index (κ2) is 8.23. The van der Waals surface area contributed by atoms with Gasteiger partial charge >= 0.3 is 6.18 Å². The number of alkyl halides is 3. The van der Waals surface area contributed by atoms with E-state index in [0.29, 0.717) is 36.5 Å². The van der Waals surface area contributed by atoms with Gasteiger partial charge in [0.2, 0.25) is 0 Å². The lowest BCUT2D eigenvalue weighted by atomic mass is 9.95. The van der Waals surface area contributed by atoms with Crippen LogP contribution in [-0.4, -0.2) is 41.7 Å². The highest BCUT2D eigenvalue weighted by molar-refractivity contribution is 6.04. The van der Waals surface area contributed by atoms with Crippen molar-refractivity contribution in [2.24, 2.45) is 5.73 Å². The standard InChI is InChI=1S/C23H25F5N4O/c1-12(23(26,27)28)31-21(33)17-10-30-19(13-3-4-13)18(14-7-15(24)9-16(25)8-14)20(17)32-6-5-22(2,29)11-32/h7-10,12-13H,3-6,11,29H2,1-2H3,(H,31,33)/t12-,22-/m0/s1. The van der Waals surface area contributed by atoms with Gasteiger partial charge in [-0.25, -0.2) is 8.78 Å². The lowest BCUT2D eigenvalue weighted by Crippen LogP contribution is -2.44. The zero-order valence-corrected chi connectivity index (χ0v) is 18.3. The van der Waals surface area contributed by atoms with Gasteiger partial charge in [0.1, 0.15) is 17.7 Å². The summed E-state index contributed by atoms with van der Waals surface area (Å²) in [7, 11) is 0. The van der Waals surface area contributed by atoms with Crippen LogP contribution in [0.2, 0.25) is 0 Å². The zero-order valence-electron chi connectivity index (χ0n) is 18.3. The Morgan fingerprint density at radius 2 is 1.88 bits per heavy atom. The number of nitrogens with two attached hydrogens (primary N) is 1. The molecule has 1 saturated carbocycles. The minimum atomic E-state index is -4.63. The van der Waals surface area contributed by atoms with Crippen molar-refractivity contribution in [3.63, 3.8) is 0 Å². The summed E-state index contributed by atoms with van der Waals surface area (Å²) >= 11 is 0. The molecular formula is C23H25F5N4O. The third-order valence-corrected chi connectivity index (χ3v) is 6.10.